The Morgan fingerprint density at radius 3 is 2.70 bits per heavy atom. The standard InChI is InChI=1S/C18H16ClNO2S/c1-2-11-22-14-9-5-4-8-13(14)20-18(21)17-16(19)12-7-3-6-10-15(12)23-17/h3-10H,2,11H2,1H3,(H,20,21). The highest BCUT2D eigenvalue weighted by molar-refractivity contribution is 7.21. The van der Waals surface area contributed by atoms with Gasteiger partial charge in [-0.15, -0.1) is 11.3 Å². The first kappa shape index (κ1) is 15.8. The van der Waals surface area contributed by atoms with Crippen LogP contribution in [0.3, 0.4) is 0 Å². The molecule has 0 radical (unpaired) electrons. The summed E-state index contributed by atoms with van der Waals surface area (Å²) < 4.78 is 6.67. The van der Waals surface area contributed by atoms with Gasteiger partial charge >= 0.3 is 0 Å². The number of hydrogen-bond donors (Lipinski definition) is 1. The molecule has 0 saturated carbocycles. The lowest BCUT2D eigenvalue weighted by molar-refractivity contribution is 0.103. The molecule has 0 atom stereocenters. The lowest BCUT2D eigenvalue weighted by Gasteiger charge is -2.11. The van der Waals surface area contributed by atoms with Crippen molar-refractivity contribution in [1.82, 2.24) is 0 Å². The molecular weight excluding hydrogens is 330 g/mol. The van der Waals surface area contributed by atoms with Crippen LogP contribution in [0, 0.1) is 0 Å². The van der Waals surface area contributed by atoms with Gasteiger partial charge in [0.05, 0.1) is 17.3 Å². The van der Waals surface area contributed by atoms with Gasteiger partial charge in [-0.3, -0.25) is 4.79 Å². The van der Waals surface area contributed by atoms with Crippen molar-refractivity contribution >= 4 is 44.6 Å². The van der Waals surface area contributed by atoms with Crippen LogP contribution in [0.2, 0.25) is 5.02 Å². The first-order valence-corrected chi connectivity index (χ1v) is 8.60. The molecule has 1 N–H and O–H groups in total. The van der Waals surface area contributed by atoms with Crippen LogP contribution >= 0.6 is 22.9 Å². The maximum Gasteiger partial charge on any atom is 0.267 e. The molecule has 0 saturated heterocycles. The van der Waals surface area contributed by atoms with Crippen LogP contribution in [0.5, 0.6) is 5.75 Å². The topological polar surface area (TPSA) is 38.3 Å². The van der Waals surface area contributed by atoms with Crippen molar-refractivity contribution in [3.63, 3.8) is 0 Å². The lowest BCUT2D eigenvalue weighted by atomic mass is 10.2. The van der Waals surface area contributed by atoms with Gasteiger partial charge in [-0.05, 0) is 24.6 Å². The quantitative estimate of drug-likeness (QED) is 0.654. The summed E-state index contributed by atoms with van der Waals surface area (Å²) in [5.74, 6) is 0.448. The molecular formula is C18H16ClNO2S. The van der Waals surface area contributed by atoms with Crippen LogP contribution in [0.1, 0.15) is 23.0 Å². The van der Waals surface area contributed by atoms with E-state index in [-0.39, 0.29) is 5.91 Å². The van der Waals surface area contributed by atoms with Crippen molar-refractivity contribution in [3.05, 3.63) is 58.4 Å². The summed E-state index contributed by atoms with van der Waals surface area (Å²) in [6, 6.07) is 15.1. The zero-order valence-corrected chi connectivity index (χ0v) is 14.2. The maximum atomic E-state index is 12.6. The molecule has 3 nitrogen and oxygen atoms in total. The summed E-state index contributed by atoms with van der Waals surface area (Å²) in [6.45, 7) is 2.65. The average Bonchev–Trinajstić information content (AvgIpc) is 2.91. The van der Waals surface area contributed by atoms with Crippen molar-refractivity contribution in [2.24, 2.45) is 0 Å². The number of anilines is 1. The van der Waals surface area contributed by atoms with Crippen molar-refractivity contribution in [1.29, 1.82) is 0 Å². The highest BCUT2D eigenvalue weighted by atomic mass is 35.5. The summed E-state index contributed by atoms with van der Waals surface area (Å²) in [7, 11) is 0. The third-order valence-corrected chi connectivity index (χ3v) is 5.01. The van der Waals surface area contributed by atoms with E-state index < -0.39 is 0 Å². The Morgan fingerprint density at radius 1 is 1.17 bits per heavy atom. The van der Waals surface area contributed by atoms with E-state index in [1.165, 1.54) is 11.3 Å². The smallest absolute Gasteiger partial charge is 0.267 e. The number of para-hydroxylation sites is 2. The average molecular weight is 346 g/mol. The van der Waals surface area contributed by atoms with Gasteiger partial charge in [0.1, 0.15) is 10.6 Å². The van der Waals surface area contributed by atoms with Gasteiger partial charge in [0.25, 0.3) is 5.91 Å². The second kappa shape index (κ2) is 7.02. The van der Waals surface area contributed by atoms with Crippen molar-refractivity contribution in [2.45, 2.75) is 13.3 Å². The summed E-state index contributed by atoms with van der Waals surface area (Å²) in [6.07, 6.45) is 0.907. The monoisotopic (exact) mass is 345 g/mol. The minimum absolute atomic E-state index is 0.219. The highest BCUT2D eigenvalue weighted by Gasteiger charge is 2.18. The first-order valence-electron chi connectivity index (χ1n) is 7.41. The Balaban J connectivity index is 1.88. The number of ether oxygens (including phenoxy) is 1. The number of hydrogen-bond acceptors (Lipinski definition) is 3. The molecule has 0 aliphatic heterocycles. The number of fused-ring (bicyclic) bond motifs is 1. The van der Waals surface area contributed by atoms with Crippen LogP contribution in [0.4, 0.5) is 5.69 Å². The molecule has 0 aliphatic rings. The fourth-order valence-electron chi connectivity index (χ4n) is 2.25. The number of amides is 1. The SMILES string of the molecule is CCCOc1ccccc1NC(=O)c1sc2ccccc2c1Cl. The second-order valence-electron chi connectivity index (χ2n) is 5.04. The van der Waals surface area contributed by atoms with Gasteiger partial charge in [-0.1, -0.05) is 48.9 Å². The first-order chi connectivity index (χ1) is 11.2. The molecule has 0 aliphatic carbocycles. The third-order valence-electron chi connectivity index (χ3n) is 3.34. The predicted octanol–water partition coefficient (Wildman–Crippen LogP) is 5.60. The zero-order chi connectivity index (χ0) is 16.2. The van der Waals surface area contributed by atoms with Gasteiger partial charge in [0.2, 0.25) is 0 Å². The number of thiophene rings is 1. The minimum Gasteiger partial charge on any atom is -0.491 e. The van der Waals surface area contributed by atoms with Gasteiger partial charge in [-0.25, -0.2) is 0 Å². The van der Waals surface area contributed by atoms with Crippen LogP contribution in [-0.4, -0.2) is 12.5 Å². The van der Waals surface area contributed by atoms with Crippen LogP contribution in [-0.2, 0) is 0 Å². The van der Waals surface area contributed by atoms with E-state index >= 15 is 0 Å². The van der Waals surface area contributed by atoms with Crippen LogP contribution in [0.25, 0.3) is 10.1 Å². The maximum absolute atomic E-state index is 12.6. The second-order valence-corrected chi connectivity index (χ2v) is 6.47. The summed E-state index contributed by atoms with van der Waals surface area (Å²) >= 11 is 7.75. The third kappa shape index (κ3) is 3.33. The van der Waals surface area contributed by atoms with E-state index in [0.717, 1.165) is 16.5 Å². The molecule has 0 unspecified atom stereocenters. The van der Waals surface area contributed by atoms with Gasteiger partial charge in [-0.2, -0.15) is 0 Å². The number of nitrogens with one attached hydrogen (secondary N) is 1. The van der Waals surface area contributed by atoms with Crippen molar-refractivity contribution in [2.75, 3.05) is 11.9 Å². The Kier molecular flexibility index (Phi) is 4.84. The molecule has 23 heavy (non-hydrogen) atoms. The number of rotatable bonds is 5. The highest BCUT2D eigenvalue weighted by Crippen LogP contribution is 2.36. The molecule has 1 amide bonds. The molecule has 3 rings (SSSR count). The largest absolute Gasteiger partial charge is 0.491 e. The fourth-order valence-corrected chi connectivity index (χ4v) is 3.66. The molecule has 0 spiro atoms. The summed E-state index contributed by atoms with van der Waals surface area (Å²) in [4.78, 5) is 13.1. The number of carbonyl (C=O) groups excluding carboxylic acids is 1. The predicted molar refractivity (Wildman–Crippen MR) is 97.0 cm³/mol. The number of halogens is 1. The number of benzene rings is 2. The number of carbonyl (C=O) groups is 1. The minimum atomic E-state index is -0.219. The molecule has 1 aromatic heterocycles. The van der Waals surface area contributed by atoms with E-state index in [1.54, 1.807) is 0 Å². The van der Waals surface area contributed by atoms with E-state index in [0.29, 0.717) is 27.9 Å². The Bertz CT molecular complexity index is 844. The van der Waals surface area contributed by atoms with Crippen LogP contribution < -0.4 is 10.1 Å². The summed E-state index contributed by atoms with van der Waals surface area (Å²) in [5.41, 5.74) is 0.652. The van der Waals surface area contributed by atoms with Gasteiger partial charge in [0, 0.05) is 10.1 Å². The van der Waals surface area contributed by atoms with Gasteiger partial charge in [0.15, 0.2) is 0 Å². The molecule has 0 bridgehead atoms. The Labute approximate surface area is 143 Å². The van der Waals surface area contributed by atoms with Crippen LogP contribution in [0.15, 0.2) is 48.5 Å². The van der Waals surface area contributed by atoms with E-state index in [2.05, 4.69) is 5.32 Å². The zero-order valence-electron chi connectivity index (χ0n) is 12.6. The van der Waals surface area contributed by atoms with E-state index in [9.17, 15) is 4.79 Å². The van der Waals surface area contributed by atoms with Gasteiger partial charge < -0.3 is 10.1 Å². The van der Waals surface area contributed by atoms with Crippen molar-refractivity contribution in [3.8, 4) is 5.75 Å². The molecule has 5 heteroatoms. The Morgan fingerprint density at radius 2 is 1.91 bits per heavy atom. The van der Waals surface area contributed by atoms with E-state index in [4.69, 9.17) is 16.3 Å². The normalized spacial score (nSPS) is 10.7. The molecule has 1 heterocycles. The fraction of sp³-hybridized carbons (Fsp3) is 0.167. The van der Waals surface area contributed by atoms with E-state index in [1.807, 2.05) is 55.5 Å². The molecule has 2 aromatic carbocycles. The lowest BCUT2D eigenvalue weighted by Crippen LogP contribution is -2.12. The molecule has 0 fully saturated rings. The summed E-state index contributed by atoms with van der Waals surface area (Å²) in [5, 5.41) is 4.30. The van der Waals surface area contributed by atoms with Crippen molar-refractivity contribution < 1.29 is 9.53 Å². The Hall–Kier alpha value is -2.04. The molecule has 118 valence electrons. The molecule has 3 aromatic rings.